The molecule has 1 unspecified atom stereocenters. The zero-order valence-electron chi connectivity index (χ0n) is 24.5. The molecular formula is C31H34ClF2N7O3. The van der Waals surface area contributed by atoms with Crippen molar-refractivity contribution < 1.29 is 23.1 Å². The Morgan fingerprint density at radius 1 is 1.30 bits per heavy atom. The molecule has 44 heavy (non-hydrogen) atoms. The monoisotopic (exact) mass is 625 g/mol. The van der Waals surface area contributed by atoms with Gasteiger partial charge in [-0.3, -0.25) is 14.5 Å². The van der Waals surface area contributed by atoms with Crippen LogP contribution in [0.2, 0.25) is 5.02 Å². The zero-order valence-corrected chi connectivity index (χ0v) is 25.2. The number of alkyl halides is 1. The van der Waals surface area contributed by atoms with E-state index in [1.54, 1.807) is 0 Å². The highest BCUT2D eigenvalue weighted by atomic mass is 35.5. The minimum Gasteiger partial charge on any atom is -0.462 e. The van der Waals surface area contributed by atoms with E-state index in [4.69, 9.17) is 26.3 Å². The van der Waals surface area contributed by atoms with Gasteiger partial charge in [0.2, 0.25) is 5.91 Å². The number of fused-ring (bicyclic) bond motifs is 3. The number of ether oxygens (including phenoxy) is 1. The highest BCUT2D eigenvalue weighted by molar-refractivity contribution is 6.31. The summed E-state index contributed by atoms with van der Waals surface area (Å²) < 4.78 is 33.9. The van der Waals surface area contributed by atoms with Crippen molar-refractivity contribution in [2.75, 3.05) is 50.1 Å². The molecule has 13 heteroatoms. The van der Waals surface area contributed by atoms with E-state index in [0.717, 1.165) is 24.0 Å². The summed E-state index contributed by atoms with van der Waals surface area (Å²) in [6, 6.07) is 7.05. The van der Waals surface area contributed by atoms with E-state index in [2.05, 4.69) is 18.0 Å². The number of carbonyl (C=O) groups excluding carboxylic acids is 2. The number of likely N-dealkylation sites (N-methyl/N-ethyl adjacent to an activating group) is 1. The van der Waals surface area contributed by atoms with Gasteiger partial charge in [0.1, 0.15) is 18.5 Å². The molecule has 3 aliphatic heterocycles. The van der Waals surface area contributed by atoms with Crippen LogP contribution in [0.4, 0.5) is 20.3 Å². The van der Waals surface area contributed by atoms with Gasteiger partial charge in [0.05, 0.1) is 29.6 Å². The summed E-state index contributed by atoms with van der Waals surface area (Å²) in [5.41, 5.74) is 2.00. The third kappa shape index (κ3) is 5.37. The molecule has 0 radical (unpaired) electrons. The molecule has 1 aromatic carbocycles. The van der Waals surface area contributed by atoms with Gasteiger partial charge in [-0.25, -0.2) is 8.78 Å². The van der Waals surface area contributed by atoms with Gasteiger partial charge in [0.15, 0.2) is 11.6 Å². The summed E-state index contributed by atoms with van der Waals surface area (Å²) in [5, 5.41) is 13.2. The smallest absolute Gasteiger partial charge is 0.318 e. The number of likely N-dealkylation sites (tertiary alicyclic amines) is 1. The molecule has 6 rings (SSSR count). The standard InChI is InChI=1S/C31H34ClF2N7O3/c1-18(33)28(42)41-12-11-40(16-20(41)8-10-35)27-26-25(36-30(38-27)44-17-21-13-19(34)15-39(21)2)14-31(29(43)37-26)9-4-5-22-23(31)6-3-7-24(22)32/h3,6-7,19-21H,1,4-5,8-9,11-17H2,2H3,(H,37,43)/t19-,20+,21+,31?/m1/s1. The van der Waals surface area contributed by atoms with Crippen molar-refractivity contribution in [3.63, 3.8) is 0 Å². The van der Waals surface area contributed by atoms with E-state index >= 15 is 0 Å². The number of aromatic nitrogens is 2. The van der Waals surface area contributed by atoms with Crippen molar-refractivity contribution in [3.05, 3.63) is 52.4 Å². The van der Waals surface area contributed by atoms with Gasteiger partial charge >= 0.3 is 6.01 Å². The number of amides is 2. The van der Waals surface area contributed by atoms with E-state index in [9.17, 15) is 23.6 Å². The van der Waals surface area contributed by atoms with Crippen LogP contribution in [0.5, 0.6) is 6.01 Å². The van der Waals surface area contributed by atoms with E-state index in [-0.39, 0.29) is 50.6 Å². The second-order valence-electron chi connectivity index (χ2n) is 12.1. The van der Waals surface area contributed by atoms with E-state index in [1.807, 2.05) is 35.0 Å². The summed E-state index contributed by atoms with van der Waals surface area (Å²) in [5.74, 6) is -1.72. The summed E-state index contributed by atoms with van der Waals surface area (Å²) in [6.07, 6.45) is 1.85. The number of nitrogens with one attached hydrogen (secondary N) is 1. The van der Waals surface area contributed by atoms with Crippen molar-refractivity contribution in [1.29, 1.82) is 5.26 Å². The SMILES string of the molecule is C=C(F)C(=O)N1CCN(c2nc(OC[C@@H]3C[C@@H](F)CN3C)nc3c2NC(=O)C2(CCCc4c(Cl)cccc42)C3)C[C@@H]1CC#N. The third-order valence-corrected chi connectivity index (χ3v) is 9.75. The number of hydrogen-bond acceptors (Lipinski definition) is 8. The van der Waals surface area contributed by atoms with Gasteiger partial charge in [-0.15, -0.1) is 0 Å². The van der Waals surface area contributed by atoms with Crippen molar-refractivity contribution in [1.82, 2.24) is 19.8 Å². The summed E-state index contributed by atoms with van der Waals surface area (Å²) in [6.45, 7) is 4.20. The first-order chi connectivity index (χ1) is 21.1. The molecule has 1 N–H and O–H groups in total. The second-order valence-corrected chi connectivity index (χ2v) is 12.5. The van der Waals surface area contributed by atoms with Crippen LogP contribution in [0.1, 0.15) is 42.5 Å². The molecule has 2 saturated heterocycles. The highest BCUT2D eigenvalue weighted by Gasteiger charge is 2.49. The lowest BCUT2D eigenvalue weighted by Gasteiger charge is -2.44. The average molecular weight is 626 g/mol. The summed E-state index contributed by atoms with van der Waals surface area (Å²) >= 11 is 6.57. The molecule has 1 spiro atoms. The predicted octanol–water partition coefficient (Wildman–Crippen LogP) is 3.73. The number of halogens is 3. The van der Waals surface area contributed by atoms with Gasteiger partial charge in [-0.2, -0.15) is 15.2 Å². The number of benzene rings is 1. The van der Waals surface area contributed by atoms with Gasteiger partial charge < -0.3 is 19.9 Å². The van der Waals surface area contributed by atoms with Crippen LogP contribution in [-0.2, 0) is 27.8 Å². The van der Waals surface area contributed by atoms with E-state index in [0.29, 0.717) is 48.0 Å². The fourth-order valence-electron chi connectivity index (χ4n) is 7.13. The molecule has 0 bridgehead atoms. The Balaban J connectivity index is 1.38. The molecule has 2 fully saturated rings. The summed E-state index contributed by atoms with van der Waals surface area (Å²) in [4.78, 5) is 41.1. The largest absolute Gasteiger partial charge is 0.462 e. The molecule has 10 nitrogen and oxygen atoms in total. The molecule has 2 aromatic rings. The second kappa shape index (κ2) is 11.9. The summed E-state index contributed by atoms with van der Waals surface area (Å²) in [7, 11) is 1.85. The molecule has 4 atom stereocenters. The number of rotatable bonds is 6. The van der Waals surface area contributed by atoms with Crippen LogP contribution >= 0.6 is 11.6 Å². The Bertz CT molecular complexity index is 1550. The molecule has 1 aliphatic carbocycles. The van der Waals surface area contributed by atoms with E-state index < -0.39 is 29.4 Å². The molecule has 2 amide bonds. The quantitative estimate of drug-likeness (QED) is 0.483. The lowest BCUT2D eigenvalue weighted by Crippen LogP contribution is -2.56. The lowest BCUT2D eigenvalue weighted by molar-refractivity contribution is -0.131. The van der Waals surface area contributed by atoms with Gasteiger partial charge in [0.25, 0.3) is 5.91 Å². The number of nitriles is 1. The number of anilines is 2. The van der Waals surface area contributed by atoms with Gasteiger partial charge in [-0.05, 0) is 49.9 Å². The van der Waals surface area contributed by atoms with Crippen molar-refractivity contribution >= 4 is 34.9 Å². The predicted molar refractivity (Wildman–Crippen MR) is 160 cm³/mol. The lowest BCUT2D eigenvalue weighted by atomic mass is 9.65. The zero-order chi connectivity index (χ0) is 31.2. The number of piperazine rings is 1. The van der Waals surface area contributed by atoms with Gasteiger partial charge in [-0.1, -0.05) is 30.3 Å². The Hall–Kier alpha value is -3.82. The van der Waals surface area contributed by atoms with Gasteiger partial charge in [0, 0.05) is 43.7 Å². The normalized spacial score (nSPS) is 26.5. The maximum atomic E-state index is 14.0. The third-order valence-electron chi connectivity index (χ3n) is 9.40. The maximum Gasteiger partial charge on any atom is 0.318 e. The maximum absolute atomic E-state index is 14.0. The van der Waals surface area contributed by atoms with Crippen molar-refractivity contribution in [2.45, 2.75) is 62.2 Å². The van der Waals surface area contributed by atoms with Crippen LogP contribution in [0.3, 0.4) is 0 Å². The number of hydrogen-bond donors (Lipinski definition) is 1. The topological polar surface area (TPSA) is 115 Å². The number of nitrogens with zero attached hydrogens (tertiary/aromatic N) is 6. The fraction of sp³-hybridized carbons (Fsp3) is 0.516. The number of carbonyl (C=O) groups is 2. The Morgan fingerprint density at radius 3 is 2.84 bits per heavy atom. The first-order valence-electron chi connectivity index (χ1n) is 14.9. The van der Waals surface area contributed by atoms with Crippen LogP contribution in [-0.4, -0.2) is 89.7 Å². The van der Waals surface area contributed by atoms with Crippen molar-refractivity contribution in [3.8, 4) is 12.1 Å². The van der Waals surface area contributed by atoms with E-state index in [1.165, 1.54) is 4.90 Å². The Kier molecular flexibility index (Phi) is 8.20. The first kappa shape index (κ1) is 30.2. The Morgan fingerprint density at radius 2 is 2.11 bits per heavy atom. The molecule has 4 heterocycles. The first-order valence-corrected chi connectivity index (χ1v) is 15.2. The molecule has 0 saturated carbocycles. The fourth-order valence-corrected chi connectivity index (χ4v) is 7.40. The molecule has 232 valence electrons. The van der Waals surface area contributed by atoms with Crippen LogP contribution in [0.25, 0.3) is 0 Å². The minimum absolute atomic E-state index is 0.0302. The minimum atomic E-state index is -1.09. The average Bonchev–Trinajstić information content (AvgIpc) is 3.33. The molecule has 4 aliphatic rings. The molecular weight excluding hydrogens is 592 g/mol. The highest BCUT2D eigenvalue weighted by Crippen LogP contribution is 2.48. The molecule has 1 aromatic heterocycles. The van der Waals surface area contributed by atoms with Crippen LogP contribution in [0.15, 0.2) is 30.6 Å². The Labute approximate surface area is 259 Å². The van der Waals surface area contributed by atoms with Crippen molar-refractivity contribution in [2.24, 2.45) is 0 Å². The van der Waals surface area contributed by atoms with Crippen LogP contribution < -0.4 is 15.0 Å². The van der Waals surface area contributed by atoms with Crippen LogP contribution in [0, 0.1) is 11.3 Å².